The van der Waals surface area contributed by atoms with Crippen molar-refractivity contribution in [3.63, 3.8) is 0 Å². The second-order valence-corrected chi connectivity index (χ2v) is 5.75. The fraction of sp³-hybridized carbons (Fsp3) is 0.0556. The molecule has 4 aromatic rings. The third-order valence-electron chi connectivity index (χ3n) is 3.70. The van der Waals surface area contributed by atoms with Crippen LogP contribution in [-0.4, -0.2) is 19.7 Å². The van der Waals surface area contributed by atoms with Gasteiger partial charge in [0.05, 0.1) is 11.9 Å². The number of aromatic nitrogens is 4. The van der Waals surface area contributed by atoms with Crippen molar-refractivity contribution in [3.05, 3.63) is 71.6 Å². The Labute approximate surface area is 143 Å². The van der Waals surface area contributed by atoms with Crippen molar-refractivity contribution in [1.82, 2.24) is 19.7 Å². The maximum Gasteiger partial charge on any atom is 0.233 e. The summed E-state index contributed by atoms with van der Waals surface area (Å²) in [5.74, 6) is 1.24. The smallest absolute Gasteiger partial charge is 0.233 e. The quantitative estimate of drug-likeness (QED) is 0.550. The normalized spacial score (nSPS) is 10.9. The van der Waals surface area contributed by atoms with E-state index in [0.717, 1.165) is 22.4 Å². The number of rotatable bonds is 3. The molecule has 0 bridgehead atoms. The first kappa shape index (κ1) is 14.7. The molecule has 0 aliphatic rings. The lowest BCUT2D eigenvalue weighted by molar-refractivity contribution is 0.464. The maximum absolute atomic E-state index is 5.97. The molecule has 0 saturated carbocycles. The summed E-state index contributed by atoms with van der Waals surface area (Å²) >= 11 is 5.95. The zero-order chi connectivity index (χ0) is 16.5. The molecule has 4 rings (SSSR count). The summed E-state index contributed by atoms with van der Waals surface area (Å²) in [6, 6.07) is 15.2. The molecule has 2 aromatic heterocycles. The van der Waals surface area contributed by atoms with Crippen LogP contribution in [0.2, 0.25) is 5.02 Å². The van der Waals surface area contributed by atoms with E-state index in [2.05, 4.69) is 15.1 Å². The lowest BCUT2D eigenvalue weighted by Crippen LogP contribution is -1.98. The summed E-state index contributed by atoms with van der Waals surface area (Å²) < 4.78 is 7.70. The van der Waals surface area contributed by atoms with Gasteiger partial charge in [0.1, 0.15) is 17.5 Å². The molecule has 118 valence electrons. The van der Waals surface area contributed by atoms with Crippen molar-refractivity contribution in [3.8, 4) is 17.3 Å². The Balaban J connectivity index is 1.79. The number of hydrogen-bond acceptors (Lipinski definition) is 4. The SMILES string of the molecule is Cc1ccccc1Oc1ncnc2c1cnn2-c1ccc(Cl)cc1. The first-order valence-corrected chi connectivity index (χ1v) is 7.78. The van der Waals surface area contributed by atoms with Gasteiger partial charge in [0.2, 0.25) is 5.88 Å². The van der Waals surface area contributed by atoms with Crippen molar-refractivity contribution in [2.75, 3.05) is 0 Å². The van der Waals surface area contributed by atoms with Gasteiger partial charge in [-0.2, -0.15) is 5.10 Å². The Bertz CT molecular complexity index is 1010. The third kappa shape index (κ3) is 2.59. The predicted molar refractivity (Wildman–Crippen MR) is 92.9 cm³/mol. The molecule has 24 heavy (non-hydrogen) atoms. The molecule has 0 saturated heterocycles. The van der Waals surface area contributed by atoms with Gasteiger partial charge in [-0.3, -0.25) is 0 Å². The van der Waals surface area contributed by atoms with Gasteiger partial charge in [-0.15, -0.1) is 0 Å². The summed E-state index contributed by atoms with van der Waals surface area (Å²) in [7, 11) is 0. The fourth-order valence-corrected chi connectivity index (χ4v) is 2.58. The minimum Gasteiger partial charge on any atom is -0.438 e. The van der Waals surface area contributed by atoms with E-state index < -0.39 is 0 Å². The fourth-order valence-electron chi connectivity index (χ4n) is 2.45. The van der Waals surface area contributed by atoms with Gasteiger partial charge in [-0.25, -0.2) is 14.6 Å². The Hall–Kier alpha value is -2.92. The Morgan fingerprint density at radius 2 is 1.79 bits per heavy atom. The molecule has 0 aliphatic carbocycles. The molecule has 5 nitrogen and oxygen atoms in total. The van der Waals surface area contributed by atoms with E-state index in [-0.39, 0.29) is 0 Å². The molecule has 2 heterocycles. The highest BCUT2D eigenvalue weighted by Crippen LogP contribution is 2.29. The minimum absolute atomic E-state index is 0.481. The maximum atomic E-state index is 5.97. The number of fused-ring (bicyclic) bond motifs is 1. The number of hydrogen-bond donors (Lipinski definition) is 0. The van der Waals surface area contributed by atoms with Crippen LogP contribution < -0.4 is 4.74 Å². The standard InChI is InChI=1S/C18H13ClN4O/c1-12-4-2-3-5-16(12)24-18-15-10-22-23(17(15)20-11-21-18)14-8-6-13(19)7-9-14/h2-11H,1H3. The largest absolute Gasteiger partial charge is 0.438 e. The first-order valence-electron chi connectivity index (χ1n) is 7.40. The van der Waals surface area contributed by atoms with Crippen molar-refractivity contribution in [1.29, 1.82) is 0 Å². The van der Waals surface area contributed by atoms with Crippen LogP contribution in [0, 0.1) is 6.92 Å². The Morgan fingerprint density at radius 1 is 1.00 bits per heavy atom. The number of ether oxygens (including phenoxy) is 1. The van der Waals surface area contributed by atoms with Gasteiger partial charge in [0, 0.05) is 5.02 Å². The Morgan fingerprint density at radius 3 is 2.58 bits per heavy atom. The van der Waals surface area contributed by atoms with Crippen LogP contribution in [0.5, 0.6) is 11.6 Å². The van der Waals surface area contributed by atoms with Crippen molar-refractivity contribution >= 4 is 22.6 Å². The molecule has 0 N–H and O–H groups in total. The van der Waals surface area contributed by atoms with E-state index in [1.807, 2.05) is 55.5 Å². The monoisotopic (exact) mass is 336 g/mol. The van der Waals surface area contributed by atoms with E-state index in [1.165, 1.54) is 6.33 Å². The van der Waals surface area contributed by atoms with Gasteiger partial charge < -0.3 is 4.74 Å². The molecule has 2 aromatic carbocycles. The van der Waals surface area contributed by atoms with Crippen molar-refractivity contribution in [2.24, 2.45) is 0 Å². The van der Waals surface area contributed by atoms with Crippen LogP contribution in [0.3, 0.4) is 0 Å². The lowest BCUT2D eigenvalue weighted by atomic mass is 10.2. The summed E-state index contributed by atoms with van der Waals surface area (Å²) in [5.41, 5.74) is 2.58. The number of para-hydroxylation sites is 1. The van der Waals surface area contributed by atoms with E-state index in [4.69, 9.17) is 16.3 Å². The van der Waals surface area contributed by atoms with Crippen molar-refractivity contribution in [2.45, 2.75) is 6.92 Å². The van der Waals surface area contributed by atoms with Gasteiger partial charge in [0.25, 0.3) is 0 Å². The number of halogens is 1. The van der Waals surface area contributed by atoms with Crippen LogP contribution in [0.25, 0.3) is 16.7 Å². The minimum atomic E-state index is 0.481. The predicted octanol–water partition coefficient (Wildman–Crippen LogP) is 4.57. The van der Waals surface area contributed by atoms with Gasteiger partial charge in [0.15, 0.2) is 5.65 Å². The molecule has 0 amide bonds. The molecule has 0 fully saturated rings. The molecular formula is C18H13ClN4O. The molecule has 0 unspecified atom stereocenters. The highest BCUT2D eigenvalue weighted by Gasteiger charge is 2.13. The van der Waals surface area contributed by atoms with Crippen LogP contribution in [0.1, 0.15) is 5.56 Å². The van der Waals surface area contributed by atoms with Crippen LogP contribution in [-0.2, 0) is 0 Å². The first-order chi connectivity index (χ1) is 11.7. The summed E-state index contributed by atoms with van der Waals surface area (Å²) in [6.07, 6.45) is 3.18. The molecule has 0 radical (unpaired) electrons. The molecule has 0 atom stereocenters. The van der Waals surface area contributed by atoms with Crippen LogP contribution >= 0.6 is 11.6 Å². The zero-order valence-electron chi connectivity index (χ0n) is 12.8. The van der Waals surface area contributed by atoms with Gasteiger partial charge in [-0.05, 0) is 42.8 Å². The van der Waals surface area contributed by atoms with Crippen LogP contribution in [0.15, 0.2) is 61.1 Å². The topological polar surface area (TPSA) is 52.8 Å². The molecular weight excluding hydrogens is 324 g/mol. The van der Waals surface area contributed by atoms with Gasteiger partial charge >= 0.3 is 0 Å². The van der Waals surface area contributed by atoms with Crippen molar-refractivity contribution < 1.29 is 4.74 Å². The molecule has 0 spiro atoms. The molecule has 0 aliphatic heterocycles. The van der Waals surface area contributed by atoms with E-state index in [0.29, 0.717) is 16.5 Å². The lowest BCUT2D eigenvalue weighted by Gasteiger charge is -2.08. The second-order valence-electron chi connectivity index (χ2n) is 5.32. The average molecular weight is 337 g/mol. The highest BCUT2D eigenvalue weighted by atomic mass is 35.5. The number of nitrogens with zero attached hydrogens (tertiary/aromatic N) is 4. The average Bonchev–Trinajstić information content (AvgIpc) is 3.03. The number of benzene rings is 2. The van der Waals surface area contributed by atoms with E-state index in [9.17, 15) is 0 Å². The van der Waals surface area contributed by atoms with Gasteiger partial charge in [-0.1, -0.05) is 29.8 Å². The third-order valence-corrected chi connectivity index (χ3v) is 3.95. The summed E-state index contributed by atoms with van der Waals surface area (Å²) in [4.78, 5) is 8.60. The van der Waals surface area contributed by atoms with E-state index in [1.54, 1.807) is 10.9 Å². The van der Waals surface area contributed by atoms with E-state index >= 15 is 0 Å². The Kier molecular flexibility index (Phi) is 3.63. The van der Waals surface area contributed by atoms with Crippen LogP contribution in [0.4, 0.5) is 0 Å². The molecule has 6 heteroatoms. The summed E-state index contributed by atoms with van der Waals surface area (Å²) in [6.45, 7) is 1.99. The number of aryl methyl sites for hydroxylation is 1. The highest BCUT2D eigenvalue weighted by molar-refractivity contribution is 6.30. The second kappa shape index (κ2) is 5.94. The summed E-state index contributed by atoms with van der Waals surface area (Å²) in [5, 5.41) is 5.83. The zero-order valence-corrected chi connectivity index (χ0v) is 13.6.